The molecule has 0 atom stereocenters. The Kier molecular flexibility index (Phi) is 6.65. The summed E-state index contributed by atoms with van der Waals surface area (Å²) < 4.78 is 1.91. The number of hydrogen-bond acceptors (Lipinski definition) is 6. The van der Waals surface area contributed by atoms with Gasteiger partial charge in [-0.1, -0.05) is 30.0 Å². The number of nitrogens with one attached hydrogen (secondary N) is 1. The Morgan fingerprint density at radius 1 is 1.00 bits per heavy atom. The molecule has 9 heteroatoms. The minimum absolute atomic E-state index is 0.0617. The number of carbonyl (C=O) groups is 3. The Morgan fingerprint density at radius 3 is 2.38 bits per heavy atom. The summed E-state index contributed by atoms with van der Waals surface area (Å²) in [5, 5.41) is 11.9. The zero-order valence-corrected chi connectivity index (χ0v) is 18.2. The van der Waals surface area contributed by atoms with Gasteiger partial charge < -0.3 is 15.6 Å². The first kappa shape index (κ1) is 21.8. The number of nitrogens with zero attached hydrogens (tertiary/aromatic N) is 3. The molecule has 164 valence electrons. The highest BCUT2D eigenvalue weighted by atomic mass is 32.2. The topological polar surface area (TPSA) is 120 Å². The number of benzene rings is 2. The second kappa shape index (κ2) is 9.78. The molecule has 1 heterocycles. The molecule has 2 aromatic carbocycles. The third-order valence-electron chi connectivity index (χ3n) is 5.10. The fourth-order valence-electron chi connectivity index (χ4n) is 3.23. The summed E-state index contributed by atoms with van der Waals surface area (Å²) in [6.45, 7) is 0.417. The van der Waals surface area contributed by atoms with Crippen molar-refractivity contribution in [3.8, 4) is 0 Å². The van der Waals surface area contributed by atoms with E-state index in [2.05, 4.69) is 15.5 Å². The molecule has 0 bridgehead atoms. The number of nitrogens with two attached hydrogens (primary N) is 1. The van der Waals surface area contributed by atoms with Crippen LogP contribution in [0.4, 0.5) is 5.69 Å². The number of carbonyl (C=O) groups excluding carboxylic acids is 3. The van der Waals surface area contributed by atoms with Crippen LogP contribution in [0, 0.1) is 0 Å². The Labute approximate surface area is 189 Å². The van der Waals surface area contributed by atoms with Crippen molar-refractivity contribution in [3.63, 3.8) is 0 Å². The lowest BCUT2D eigenvalue weighted by molar-refractivity contribution is -0.118. The number of aromatic nitrogens is 3. The fraction of sp³-hybridized carbons (Fsp3) is 0.261. The van der Waals surface area contributed by atoms with Crippen LogP contribution >= 0.6 is 11.8 Å². The molecule has 1 aliphatic rings. The second-order valence-corrected chi connectivity index (χ2v) is 8.53. The number of amides is 2. The number of ketones is 1. The summed E-state index contributed by atoms with van der Waals surface area (Å²) in [5.41, 5.74) is 7.02. The molecule has 1 fully saturated rings. The van der Waals surface area contributed by atoms with Crippen molar-refractivity contribution >= 4 is 35.0 Å². The van der Waals surface area contributed by atoms with Gasteiger partial charge in [-0.3, -0.25) is 14.4 Å². The molecule has 2 amide bonds. The molecular formula is C23H23N5O3S. The summed E-state index contributed by atoms with van der Waals surface area (Å²) in [5.74, 6) is 0.774. The average Bonchev–Trinajstić information content (AvgIpc) is 3.57. The van der Waals surface area contributed by atoms with Crippen LogP contribution in [-0.4, -0.2) is 38.1 Å². The van der Waals surface area contributed by atoms with E-state index in [1.54, 1.807) is 48.5 Å². The van der Waals surface area contributed by atoms with Crippen LogP contribution in [0.15, 0.2) is 59.8 Å². The van der Waals surface area contributed by atoms with Gasteiger partial charge in [0.05, 0.1) is 5.75 Å². The molecule has 3 aromatic rings. The molecule has 0 radical (unpaired) electrons. The molecule has 1 aromatic heterocycles. The molecule has 1 aliphatic carbocycles. The van der Waals surface area contributed by atoms with Crippen molar-refractivity contribution in [1.82, 2.24) is 14.8 Å². The van der Waals surface area contributed by atoms with Gasteiger partial charge in [-0.2, -0.15) is 0 Å². The molecule has 3 N–H and O–H groups in total. The highest BCUT2D eigenvalue weighted by Crippen LogP contribution is 2.40. The van der Waals surface area contributed by atoms with E-state index in [4.69, 9.17) is 5.73 Å². The predicted molar refractivity (Wildman–Crippen MR) is 122 cm³/mol. The number of rotatable bonds is 10. The second-order valence-electron chi connectivity index (χ2n) is 7.59. The van der Waals surface area contributed by atoms with E-state index in [1.165, 1.54) is 11.8 Å². The first-order valence-corrected chi connectivity index (χ1v) is 11.3. The van der Waals surface area contributed by atoms with Crippen LogP contribution in [-0.2, 0) is 11.3 Å². The Morgan fingerprint density at radius 2 is 1.72 bits per heavy atom. The molecule has 0 aliphatic heterocycles. The summed E-state index contributed by atoms with van der Waals surface area (Å²) in [6.07, 6.45) is 2.33. The molecular weight excluding hydrogens is 426 g/mol. The molecule has 4 rings (SSSR count). The van der Waals surface area contributed by atoms with Crippen molar-refractivity contribution in [2.75, 3.05) is 11.1 Å². The van der Waals surface area contributed by atoms with E-state index in [1.807, 2.05) is 10.6 Å². The summed E-state index contributed by atoms with van der Waals surface area (Å²) in [6, 6.07) is 15.7. The molecule has 0 spiro atoms. The SMILES string of the molecule is NC(=O)CCn1c(SCC(=O)c2ccc(NC(=O)c3ccccc3)cc2)nnc1C1CC1. The van der Waals surface area contributed by atoms with Gasteiger partial charge in [-0.15, -0.1) is 10.2 Å². The van der Waals surface area contributed by atoms with Gasteiger partial charge in [0.15, 0.2) is 10.9 Å². The zero-order chi connectivity index (χ0) is 22.5. The van der Waals surface area contributed by atoms with E-state index < -0.39 is 0 Å². The number of thioether (sulfide) groups is 1. The van der Waals surface area contributed by atoms with Crippen LogP contribution in [0.3, 0.4) is 0 Å². The highest BCUT2D eigenvalue weighted by Gasteiger charge is 2.30. The van der Waals surface area contributed by atoms with Gasteiger partial charge in [-0.05, 0) is 49.2 Å². The molecule has 0 saturated heterocycles. The van der Waals surface area contributed by atoms with E-state index >= 15 is 0 Å². The fourth-order valence-corrected chi connectivity index (χ4v) is 4.09. The number of anilines is 1. The Balaban J connectivity index is 1.36. The van der Waals surface area contributed by atoms with Crippen LogP contribution in [0.25, 0.3) is 0 Å². The zero-order valence-electron chi connectivity index (χ0n) is 17.4. The van der Waals surface area contributed by atoms with Crippen LogP contribution in [0.1, 0.15) is 51.7 Å². The lowest BCUT2D eigenvalue weighted by Crippen LogP contribution is -2.16. The van der Waals surface area contributed by atoms with Crippen molar-refractivity contribution in [2.45, 2.75) is 36.9 Å². The first-order valence-electron chi connectivity index (χ1n) is 10.3. The van der Waals surface area contributed by atoms with Crippen molar-refractivity contribution in [1.29, 1.82) is 0 Å². The van der Waals surface area contributed by atoms with Gasteiger partial charge in [0.25, 0.3) is 5.91 Å². The standard InChI is InChI=1S/C23H23N5O3S/c24-20(30)12-13-28-21(16-6-7-16)26-27-23(28)32-14-19(29)15-8-10-18(11-9-15)25-22(31)17-4-2-1-3-5-17/h1-5,8-11,16H,6-7,12-14H2,(H2,24,30)(H,25,31). The maximum Gasteiger partial charge on any atom is 0.255 e. The summed E-state index contributed by atoms with van der Waals surface area (Å²) in [7, 11) is 0. The van der Waals surface area contributed by atoms with E-state index in [0.717, 1.165) is 18.7 Å². The third kappa shape index (κ3) is 5.42. The van der Waals surface area contributed by atoms with E-state index in [0.29, 0.717) is 34.4 Å². The maximum atomic E-state index is 12.7. The lowest BCUT2D eigenvalue weighted by Gasteiger charge is -2.09. The summed E-state index contributed by atoms with van der Waals surface area (Å²) >= 11 is 1.30. The Bertz CT molecular complexity index is 1120. The Hall–Kier alpha value is -3.46. The lowest BCUT2D eigenvalue weighted by atomic mass is 10.1. The van der Waals surface area contributed by atoms with Crippen LogP contribution in [0.5, 0.6) is 0 Å². The maximum absolute atomic E-state index is 12.7. The largest absolute Gasteiger partial charge is 0.370 e. The number of Topliss-reactive ketones (excluding diaryl/α,β-unsaturated/α-hetero) is 1. The van der Waals surface area contributed by atoms with Gasteiger partial charge in [-0.25, -0.2) is 0 Å². The summed E-state index contributed by atoms with van der Waals surface area (Å²) in [4.78, 5) is 36.1. The van der Waals surface area contributed by atoms with Gasteiger partial charge in [0.2, 0.25) is 5.91 Å². The smallest absolute Gasteiger partial charge is 0.255 e. The minimum atomic E-state index is -0.382. The van der Waals surface area contributed by atoms with Crippen molar-refractivity contribution < 1.29 is 14.4 Å². The normalized spacial score (nSPS) is 13.0. The molecule has 0 unspecified atom stereocenters. The van der Waals surface area contributed by atoms with Crippen molar-refractivity contribution in [3.05, 3.63) is 71.5 Å². The van der Waals surface area contributed by atoms with Gasteiger partial charge in [0, 0.05) is 35.7 Å². The number of hydrogen-bond donors (Lipinski definition) is 2. The minimum Gasteiger partial charge on any atom is -0.370 e. The molecule has 32 heavy (non-hydrogen) atoms. The average molecular weight is 450 g/mol. The van der Waals surface area contributed by atoms with E-state index in [-0.39, 0.29) is 29.8 Å². The number of primary amides is 1. The van der Waals surface area contributed by atoms with E-state index in [9.17, 15) is 14.4 Å². The third-order valence-corrected chi connectivity index (χ3v) is 6.07. The first-order chi connectivity index (χ1) is 15.5. The van der Waals surface area contributed by atoms with Crippen LogP contribution < -0.4 is 11.1 Å². The monoisotopic (exact) mass is 449 g/mol. The molecule has 1 saturated carbocycles. The quantitative estimate of drug-likeness (QED) is 0.362. The van der Waals surface area contributed by atoms with Gasteiger partial charge in [0.1, 0.15) is 5.82 Å². The van der Waals surface area contributed by atoms with Crippen LogP contribution in [0.2, 0.25) is 0 Å². The molecule has 8 nitrogen and oxygen atoms in total. The van der Waals surface area contributed by atoms with Gasteiger partial charge >= 0.3 is 0 Å². The highest BCUT2D eigenvalue weighted by molar-refractivity contribution is 7.99. The predicted octanol–water partition coefficient (Wildman–Crippen LogP) is 3.26. The van der Waals surface area contributed by atoms with Crippen molar-refractivity contribution in [2.24, 2.45) is 5.73 Å².